The summed E-state index contributed by atoms with van der Waals surface area (Å²) in [7, 11) is 0. The van der Waals surface area contributed by atoms with E-state index in [1.807, 2.05) is 0 Å². The van der Waals surface area contributed by atoms with Gasteiger partial charge in [-0.1, -0.05) is 43.9 Å². The Hall–Kier alpha value is -2.70. The minimum Gasteiger partial charge on any atom is -0.543 e. The summed E-state index contributed by atoms with van der Waals surface area (Å²) in [6.07, 6.45) is 6.36. The minimum absolute atomic E-state index is 0.103. The lowest BCUT2D eigenvalue weighted by Crippen LogP contribution is -2.40. The summed E-state index contributed by atoms with van der Waals surface area (Å²) in [6, 6.07) is 6.39. The second kappa shape index (κ2) is 7.46. The first-order valence-corrected chi connectivity index (χ1v) is 8.57. The summed E-state index contributed by atoms with van der Waals surface area (Å²) in [4.78, 5) is 36.1. The molecule has 1 aromatic carbocycles. The number of carboxylic acids is 1. The Kier molecular flexibility index (Phi) is 5.11. The van der Waals surface area contributed by atoms with Gasteiger partial charge in [-0.25, -0.2) is 4.68 Å². The van der Waals surface area contributed by atoms with Crippen LogP contribution in [0.1, 0.15) is 49.0 Å². The molecule has 0 unspecified atom stereocenters. The summed E-state index contributed by atoms with van der Waals surface area (Å²) in [5, 5.41) is 18.5. The molecule has 1 heterocycles. The first-order chi connectivity index (χ1) is 12.1. The van der Waals surface area contributed by atoms with Crippen LogP contribution in [-0.4, -0.2) is 27.7 Å². The Labute approximate surface area is 144 Å². The van der Waals surface area contributed by atoms with Gasteiger partial charge in [0.15, 0.2) is 0 Å². The maximum atomic E-state index is 12.5. The van der Waals surface area contributed by atoms with Gasteiger partial charge in [0.2, 0.25) is 5.91 Å². The number of nitrogens with one attached hydrogen (secondary N) is 1. The Morgan fingerprint density at radius 2 is 1.76 bits per heavy atom. The zero-order chi connectivity index (χ0) is 17.8. The molecule has 132 valence electrons. The molecule has 1 aromatic heterocycles. The summed E-state index contributed by atoms with van der Waals surface area (Å²) in [6.45, 7) is -0.305. The summed E-state index contributed by atoms with van der Waals surface area (Å²) in [5.74, 6) is -1.81. The largest absolute Gasteiger partial charge is 0.543 e. The molecule has 0 radical (unpaired) electrons. The molecule has 1 saturated carbocycles. The number of nitrogens with zero attached hydrogens (tertiary/aromatic N) is 2. The molecule has 7 heteroatoms. The van der Waals surface area contributed by atoms with E-state index in [2.05, 4.69) is 10.4 Å². The van der Waals surface area contributed by atoms with Crippen molar-refractivity contribution >= 4 is 22.6 Å². The van der Waals surface area contributed by atoms with Crippen LogP contribution in [0.5, 0.6) is 0 Å². The number of carboxylic acid groups (broad SMARTS) is 1. The Morgan fingerprint density at radius 1 is 1.12 bits per heavy atom. The third kappa shape index (κ3) is 3.87. The number of aromatic nitrogens is 2. The van der Waals surface area contributed by atoms with E-state index >= 15 is 0 Å². The van der Waals surface area contributed by atoms with Crippen molar-refractivity contribution < 1.29 is 14.7 Å². The van der Waals surface area contributed by atoms with Gasteiger partial charge in [0.25, 0.3) is 5.56 Å². The van der Waals surface area contributed by atoms with Gasteiger partial charge in [0.05, 0.1) is 11.4 Å². The fourth-order valence-corrected chi connectivity index (χ4v) is 3.33. The maximum Gasteiger partial charge on any atom is 0.275 e. The third-order valence-corrected chi connectivity index (χ3v) is 4.57. The number of benzene rings is 1. The van der Waals surface area contributed by atoms with Crippen LogP contribution in [-0.2, 0) is 11.3 Å². The first kappa shape index (κ1) is 17.1. The topological polar surface area (TPSA) is 104 Å². The van der Waals surface area contributed by atoms with E-state index in [-0.39, 0.29) is 35.0 Å². The van der Waals surface area contributed by atoms with E-state index in [0.717, 1.165) is 30.4 Å². The summed E-state index contributed by atoms with van der Waals surface area (Å²) < 4.78 is 0.902. The minimum atomic E-state index is -1.48. The maximum absolute atomic E-state index is 12.5. The van der Waals surface area contributed by atoms with Crippen LogP contribution in [0.25, 0.3) is 10.8 Å². The second-order valence-electron chi connectivity index (χ2n) is 6.40. The zero-order valence-electron chi connectivity index (χ0n) is 13.9. The highest BCUT2D eigenvalue weighted by Gasteiger charge is 2.17. The molecule has 0 spiro atoms. The molecule has 3 rings (SSSR count). The Morgan fingerprint density at radius 3 is 2.40 bits per heavy atom. The van der Waals surface area contributed by atoms with Crippen LogP contribution < -0.4 is 16.0 Å². The van der Waals surface area contributed by atoms with Crippen LogP contribution in [0.4, 0.5) is 0 Å². The van der Waals surface area contributed by atoms with Gasteiger partial charge < -0.3 is 15.2 Å². The van der Waals surface area contributed by atoms with Gasteiger partial charge in [0, 0.05) is 11.4 Å². The van der Waals surface area contributed by atoms with Crippen molar-refractivity contribution in [2.45, 2.75) is 51.1 Å². The van der Waals surface area contributed by atoms with Gasteiger partial charge in [-0.15, -0.1) is 0 Å². The number of hydrogen-bond donors (Lipinski definition) is 1. The highest BCUT2D eigenvalue weighted by molar-refractivity contribution is 6.00. The SMILES string of the molecule is O=C(Cn1nc(C(=O)[O-])c2ccccc2c1=O)NC1CCCCCC1. The number of aromatic carboxylic acids is 1. The molecule has 7 nitrogen and oxygen atoms in total. The quantitative estimate of drug-likeness (QED) is 0.819. The predicted molar refractivity (Wildman–Crippen MR) is 90.0 cm³/mol. The van der Waals surface area contributed by atoms with Crippen molar-refractivity contribution in [3.63, 3.8) is 0 Å². The van der Waals surface area contributed by atoms with Crippen LogP contribution in [0.2, 0.25) is 0 Å². The van der Waals surface area contributed by atoms with Gasteiger partial charge in [0.1, 0.15) is 12.2 Å². The Balaban J connectivity index is 1.85. The Bertz CT molecular complexity index is 851. The average Bonchev–Trinajstić information content (AvgIpc) is 2.86. The van der Waals surface area contributed by atoms with Crippen LogP contribution in [0.15, 0.2) is 29.1 Å². The molecule has 0 atom stereocenters. The lowest BCUT2D eigenvalue weighted by Gasteiger charge is -2.17. The summed E-state index contributed by atoms with van der Waals surface area (Å²) in [5.41, 5.74) is -0.825. The highest BCUT2D eigenvalue weighted by Crippen LogP contribution is 2.17. The average molecular weight is 342 g/mol. The zero-order valence-corrected chi connectivity index (χ0v) is 13.9. The van der Waals surface area contributed by atoms with Gasteiger partial charge in [-0.3, -0.25) is 9.59 Å². The molecule has 1 fully saturated rings. The normalized spacial score (nSPS) is 15.7. The van der Waals surface area contributed by atoms with E-state index in [4.69, 9.17) is 0 Å². The molecule has 1 aliphatic carbocycles. The van der Waals surface area contributed by atoms with Crippen LogP contribution in [0, 0.1) is 0 Å². The predicted octanol–water partition coefficient (Wildman–Crippen LogP) is 0.599. The molecule has 0 bridgehead atoms. The van der Waals surface area contributed by atoms with Crippen molar-refractivity contribution in [2.75, 3.05) is 0 Å². The monoisotopic (exact) mass is 342 g/mol. The van der Waals surface area contributed by atoms with E-state index in [1.54, 1.807) is 12.1 Å². The van der Waals surface area contributed by atoms with Crippen molar-refractivity contribution in [2.24, 2.45) is 0 Å². The molecule has 0 saturated heterocycles. The molecule has 2 aromatic rings. The van der Waals surface area contributed by atoms with Gasteiger partial charge in [-0.2, -0.15) is 5.10 Å². The highest BCUT2D eigenvalue weighted by atomic mass is 16.4. The van der Waals surface area contributed by atoms with Crippen molar-refractivity contribution in [3.8, 4) is 0 Å². The van der Waals surface area contributed by atoms with E-state index in [0.29, 0.717) is 0 Å². The van der Waals surface area contributed by atoms with E-state index in [1.165, 1.54) is 25.0 Å². The first-order valence-electron chi connectivity index (χ1n) is 8.57. The second-order valence-corrected chi connectivity index (χ2v) is 6.40. The van der Waals surface area contributed by atoms with E-state index < -0.39 is 11.5 Å². The standard InChI is InChI=1S/C18H21N3O4/c22-15(19-12-7-3-1-2-4-8-12)11-21-17(23)14-10-6-5-9-13(14)16(20-21)18(24)25/h5-6,9-10,12H,1-4,7-8,11H2,(H,19,22)(H,24,25)/p-1. The third-order valence-electron chi connectivity index (χ3n) is 4.57. The van der Waals surface area contributed by atoms with Gasteiger partial charge in [-0.05, 0) is 18.9 Å². The smallest absolute Gasteiger partial charge is 0.275 e. The van der Waals surface area contributed by atoms with Crippen LogP contribution in [0.3, 0.4) is 0 Å². The lowest BCUT2D eigenvalue weighted by atomic mass is 10.1. The molecular formula is C18H20N3O4-. The van der Waals surface area contributed by atoms with Crippen molar-refractivity contribution in [1.29, 1.82) is 0 Å². The number of carbonyl (C=O) groups is 2. The number of hydrogen-bond acceptors (Lipinski definition) is 5. The number of carbonyl (C=O) groups excluding carboxylic acids is 2. The van der Waals surface area contributed by atoms with Crippen molar-refractivity contribution in [3.05, 3.63) is 40.3 Å². The fraction of sp³-hybridized carbons (Fsp3) is 0.444. The molecule has 0 aliphatic heterocycles. The van der Waals surface area contributed by atoms with E-state index in [9.17, 15) is 19.5 Å². The van der Waals surface area contributed by atoms with Crippen LogP contribution >= 0.6 is 0 Å². The van der Waals surface area contributed by atoms with Gasteiger partial charge >= 0.3 is 0 Å². The fourth-order valence-electron chi connectivity index (χ4n) is 3.33. The summed E-state index contributed by atoms with van der Waals surface area (Å²) >= 11 is 0. The molecule has 1 N–H and O–H groups in total. The number of rotatable bonds is 4. The molecule has 1 aliphatic rings. The number of fused-ring (bicyclic) bond motifs is 1. The number of amides is 1. The van der Waals surface area contributed by atoms with Crippen molar-refractivity contribution in [1.82, 2.24) is 15.1 Å². The lowest BCUT2D eigenvalue weighted by molar-refractivity contribution is -0.255. The molecule has 25 heavy (non-hydrogen) atoms. The molecule has 1 amide bonds. The molecular weight excluding hydrogens is 322 g/mol.